The summed E-state index contributed by atoms with van der Waals surface area (Å²) in [5.74, 6) is 1.11. The Bertz CT molecular complexity index is 554. The molecule has 1 aromatic carbocycles. The molecule has 0 aliphatic carbocycles. The van der Waals surface area contributed by atoms with Gasteiger partial charge in [0.2, 0.25) is 5.91 Å². The van der Waals surface area contributed by atoms with Crippen LogP contribution in [0.4, 0.5) is 0 Å². The summed E-state index contributed by atoms with van der Waals surface area (Å²) < 4.78 is 5.73. The number of benzene rings is 1. The maximum atomic E-state index is 12.5. The first-order valence-electron chi connectivity index (χ1n) is 8.56. The van der Waals surface area contributed by atoms with Crippen LogP contribution in [0.2, 0.25) is 5.02 Å². The second kappa shape index (κ2) is 8.93. The largest absolute Gasteiger partial charge is 0.494 e. The van der Waals surface area contributed by atoms with Crippen LogP contribution in [0.15, 0.2) is 18.2 Å². The van der Waals surface area contributed by atoms with Gasteiger partial charge in [0.1, 0.15) is 5.75 Å². The van der Waals surface area contributed by atoms with E-state index in [9.17, 15) is 4.79 Å². The van der Waals surface area contributed by atoms with Crippen molar-refractivity contribution in [1.82, 2.24) is 10.2 Å². The Morgan fingerprint density at radius 3 is 2.92 bits per heavy atom. The third kappa shape index (κ3) is 4.56. The van der Waals surface area contributed by atoms with Crippen molar-refractivity contribution in [3.05, 3.63) is 28.8 Å². The molecule has 24 heavy (non-hydrogen) atoms. The van der Waals surface area contributed by atoms with Gasteiger partial charge in [-0.05, 0) is 62.9 Å². The van der Waals surface area contributed by atoms with Crippen LogP contribution < -0.4 is 10.1 Å². The number of hydrogen-bond acceptors (Lipinski definition) is 3. The van der Waals surface area contributed by atoms with Crippen molar-refractivity contribution in [2.45, 2.75) is 51.1 Å². The highest BCUT2D eigenvalue weighted by Gasteiger charge is 2.37. The lowest BCUT2D eigenvalue weighted by Gasteiger charge is -2.28. The van der Waals surface area contributed by atoms with Crippen LogP contribution in [-0.4, -0.2) is 42.6 Å². The fourth-order valence-corrected chi connectivity index (χ4v) is 3.76. The second-order valence-electron chi connectivity index (χ2n) is 6.54. The molecule has 1 aromatic rings. The fourth-order valence-electron chi connectivity index (χ4n) is 3.64. The van der Waals surface area contributed by atoms with Gasteiger partial charge in [0.25, 0.3) is 0 Å². The zero-order valence-electron chi connectivity index (χ0n) is 14.1. The van der Waals surface area contributed by atoms with E-state index in [0.29, 0.717) is 25.1 Å². The minimum atomic E-state index is 0. The molecule has 2 atom stereocenters. The van der Waals surface area contributed by atoms with Crippen molar-refractivity contribution >= 4 is 29.9 Å². The fraction of sp³-hybridized carbons (Fsp3) is 0.611. The van der Waals surface area contributed by atoms with Crippen LogP contribution in [-0.2, 0) is 4.79 Å². The van der Waals surface area contributed by atoms with Gasteiger partial charge in [-0.1, -0.05) is 11.6 Å². The second-order valence-corrected chi connectivity index (χ2v) is 6.95. The van der Waals surface area contributed by atoms with Crippen molar-refractivity contribution in [2.24, 2.45) is 0 Å². The van der Waals surface area contributed by atoms with E-state index < -0.39 is 0 Å². The summed E-state index contributed by atoms with van der Waals surface area (Å²) in [6, 6.07) is 6.50. The Kier molecular flexibility index (Phi) is 7.20. The molecular weight excluding hydrogens is 347 g/mol. The Balaban J connectivity index is 0.00000208. The molecule has 4 nitrogen and oxygen atoms in total. The highest BCUT2D eigenvalue weighted by molar-refractivity contribution is 6.31. The molecule has 0 radical (unpaired) electrons. The van der Waals surface area contributed by atoms with Gasteiger partial charge < -0.3 is 15.0 Å². The van der Waals surface area contributed by atoms with Crippen LogP contribution in [0, 0.1) is 6.92 Å². The molecule has 3 rings (SSSR count). The summed E-state index contributed by atoms with van der Waals surface area (Å²) >= 11 is 6.01. The van der Waals surface area contributed by atoms with E-state index in [1.807, 2.05) is 25.1 Å². The van der Waals surface area contributed by atoms with Crippen molar-refractivity contribution in [2.75, 3.05) is 19.7 Å². The molecule has 134 valence electrons. The third-order valence-corrected chi connectivity index (χ3v) is 5.30. The number of hydrogen-bond donors (Lipinski definition) is 1. The smallest absolute Gasteiger partial charge is 0.223 e. The predicted octanol–water partition coefficient (Wildman–Crippen LogP) is 3.58. The molecule has 0 aromatic heterocycles. The highest BCUT2D eigenvalue weighted by atomic mass is 35.5. The number of carbonyl (C=O) groups is 1. The van der Waals surface area contributed by atoms with Crippen LogP contribution in [0.3, 0.4) is 0 Å². The van der Waals surface area contributed by atoms with Gasteiger partial charge >= 0.3 is 0 Å². The summed E-state index contributed by atoms with van der Waals surface area (Å²) in [5, 5.41) is 4.18. The first-order chi connectivity index (χ1) is 11.1. The van der Waals surface area contributed by atoms with Gasteiger partial charge in [-0.2, -0.15) is 0 Å². The van der Waals surface area contributed by atoms with Crippen LogP contribution in [0.5, 0.6) is 5.75 Å². The average Bonchev–Trinajstić information content (AvgIpc) is 2.80. The summed E-state index contributed by atoms with van der Waals surface area (Å²) in [6.45, 7) is 4.50. The number of carbonyl (C=O) groups excluding carboxylic acids is 1. The van der Waals surface area contributed by atoms with E-state index in [1.165, 1.54) is 6.42 Å². The molecule has 1 N–H and O–H groups in total. The van der Waals surface area contributed by atoms with Crippen LogP contribution in [0.1, 0.15) is 37.7 Å². The normalized spacial score (nSPS) is 22.7. The van der Waals surface area contributed by atoms with Gasteiger partial charge in [0, 0.05) is 30.1 Å². The molecule has 2 aliphatic rings. The Hall–Kier alpha value is -0.970. The van der Waals surface area contributed by atoms with Crippen LogP contribution in [0.25, 0.3) is 0 Å². The first-order valence-corrected chi connectivity index (χ1v) is 8.94. The molecule has 2 unspecified atom stereocenters. The third-order valence-electron chi connectivity index (χ3n) is 4.88. The summed E-state index contributed by atoms with van der Waals surface area (Å²) in [7, 11) is 0. The lowest BCUT2D eigenvalue weighted by atomic mass is 10.1. The molecule has 2 fully saturated rings. The number of halogens is 2. The average molecular weight is 373 g/mol. The van der Waals surface area contributed by atoms with E-state index in [1.54, 1.807) is 0 Å². The van der Waals surface area contributed by atoms with Gasteiger partial charge in [-0.3, -0.25) is 4.79 Å². The summed E-state index contributed by atoms with van der Waals surface area (Å²) in [6.07, 6.45) is 4.72. The monoisotopic (exact) mass is 372 g/mol. The molecular formula is C18H26Cl2N2O2. The molecule has 2 saturated heterocycles. The van der Waals surface area contributed by atoms with Crippen molar-refractivity contribution in [3.63, 3.8) is 0 Å². The number of fused-ring (bicyclic) bond motifs is 2. The Labute approximate surface area is 155 Å². The molecule has 2 aliphatic heterocycles. The molecule has 6 heteroatoms. The number of amides is 1. The minimum Gasteiger partial charge on any atom is -0.494 e. The number of ether oxygens (including phenoxy) is 1. The molecule has 0 saturated carbocycles. The molecule has 2 heterocycles. The lowest BCUT2D eigenvalue weighted by Crippen LogP contribution is -2.42. The quantitative estimate of drug-likeness (QED) is 0.803. The maximum Gasteiger partial charge on any atom is 0.223 e. The van der Waals surface area contributed by atoms with Crippen molar-refractivity contribution in [3.8, 4) is 5.75 Å². The molecule has 2 bridgehead atoms. The van der Waals surface area contributed by atoms with Crippen molar-refractivity contribution in [1.29, 1.82) is 0 Å². The topological polar surface area (TPSA) is 41.6 Å². The maximum absolute atomic E-state index is 12.5. The molecule has 0 spiro atoms. The van der Waals surface area contributed by atoms with Gasteiger partial charge in [-0.15, -0.1) is 12.4 Å². The van der Waals surface area contributed by atoms with Crippen LogP contribution >= 0.6 is 24.0 Å². The number of nitrogens with zero attached hydrogens (tertiary/aromatic N) is 1. The SMILES string of the molecule is Cc1cc(OCCCC(=O)N2C3CCNCC2CC3)ccc1Cl.Cl. The molecule has 1 amide bonds. The predicted molar refractivity (Wildman–Crippen MR) is 99.3 cm³/mol. The Morgan fingerprint density at radius 2 is 2.12 bits per heavy atom. The first kappa shape index (κ1) is 19.4. The van der Waals surface area contributed by atoms with Gasteiger partial charge in [0.05, 0.1) is 6.61 Å². The van der Waals surface area contributed by atoms with E-state index in [0.717, 1.165) is 48.7 Å². The highest BCUT2D eigenvalue weighted by Crippen LogP contribution is 2.28. The van der Waals surface area contributed by atoms with Gasteiger partial charge in [-0.25, -0.2) is 0 Å². The number of aryl methyl sites for hydroxylation is 1. The lowest BCUT2D eigenvalue weighted by molar-refractivity contribution is -0.134. The van der Waals surface area contributed by atoms with Crippen molar-refractivity contribution < 1.29 is 9.53 Å². The zero-order chi connectivity index (χ0) is 16.2. The zero-order valence-corrected chi connectivity index (χ0v) is 15.7. The number of nitrogens with one attached hydrogen (secondary N) is 1. The van der Waals surface area contributed by atoms with Gasteiger partial charge in [0.15, 0.2) is 0 Å². The summed E-state index contributed by atoms with van der Waals surface area (Å²) in [4.78, 5) is 14.7. The summed E-state index contributed by atoms with van der Waals surface area (Å²) in [5.41, 5.74) is 1.01. The number of rotatable bonds is 5. The minimum absolute atomic E-state index is 0. The van der Waals surface area contributed by atoms with E-state index in [4.69, 9.17) is 16.3 Å². The van der Waals surface area contributed by atoms with E-state index >= 15 is 0 Å². The van der Waals surface area contributed by atoms with E-state index in [2.05, 4.69) is 10.2 Å². The standard InChI is InChI=1S/C18H25ClN2O2.ClH/c1-13-11-16(6-7-17(13)19)23-10-2-3-18(22)21-14-4-5-15(21)12-20-9-8-14;/h6-7,11,14-15,20H,2-5,8-10,12H2,1H3;1H. The Morgan fingerprint density at radius 1 is 1.33 bits per heavy atom. The van der Waals surface area contributed by atoms with E-state index in [-0.39, 0.29) is 18.3 Å².